The molecule has 20 heavy (non-hydrogen) atoms. The molecule has 2 aromatic rings. The van der Waals surface area contributed by atoms with E-state index in [4.69, 9.17) is 0 Å². The molecule has 0 aliphatic carbocycles. The topological polar surface area (TPSA) is 0 Å². The zero-order valence-corrected chi connectivity index (χ0v) is 12.9. The molecule has 0 aromatic heterocycles. The van der Waals surface area contributed by atoms with Crippen molar-refractivity contribution in [3.63, 3.8) is 0 Å². The highest BCUT2D eigenvalue weighted by Gasteiger charge is 2.39. The SMILES string of the molecule is C=CCC(C)C[Si](F)(c1ccccc1)c1ccccc1. The average Bonchev–Trinajstić information content (AvgIpc) is 2.49. The molecule has 0 heterocycles. The molecule has 0 radical (unpaired) electrons. The van der Waals surface area contributed by atoms with Gasteiger partial charge in [-0.05, 0) is 28.8 Å². The van der Waals surface area contributed by atoms with Crippen molar-refractivity contribution >= 4 is 18.8 Å². The van der Waals surface area contributed by atoms with Gasteiger partial charge in [0.15, 0.2) is 0 Å². The van der Waals surface area contributed by atoms with E-state index in [0.29, 0.717) is 12.0 Å². The second-order valence-corrected chi connectivity index (χ2v) is 8.53. The molecule has 0 aliphatic heterocycles. The molecular weight excluding hydrogens is 263 g/mol. The minimum Gasteiger partial charge on any atom is -0.302 e. The lowest BCUT2D eigenvalue weighted by atomic mass is 10.1. The third kappa shape index (κ3) is 3.25. The Labute approximate surface area is 122 Å². The van der Waals surface area contributed by atoms with Gasteiger partial charge in [0, 0.05) is 0 Å². The lowest BCUT2D eigenvalue weighted by Crippen LogP contribution is -2.55. The van der Waals surface area contributed by atoms with Crippen LogP contribution in [0.1, 0.15) is 13.3 Å². The molecule has 0 saturated heterocycles. The average molecular weight is 284 g/mol. The summed E-state index contributed by atoms with van der Waals surface area (Å²) in [7, 11) is -3.15. The van der Waals surface area contributed by atoms with Gasteiger partial charge in [-0.15, -0.1) is 6.58 Å². The summed E-state index contributed by atoms with van der Waals surface area (Å²) < 4.78 is 15.9. The van der Waals surface area contributed by atoms with Crippen molar-refractivity contribution in [2.45, 2.75) is 19.4 Å². The highest BCUT2D eigenvalue weighted by molar-refractivity contribution is 6.97. The van der Waals surface area contributed by atoms with E-state index in [1.165, 1.54) is 0 Å². The van der Waals surface area contributed by atoms with Crippen LogP contribution in [0.4, 0.5) is 4.11 Å². The first kappa shape index (κ1) is 14.7. The van der Waals surface area contributed by atoms with Gasteiger partial charge in [-0.2, -0.15) is 0 Å². The van der Waals surface area contributed by atoms with Crippen LogP contribution in [0.3, 0.4) is 0 Å². The Morgan fingerprint density at radius 2 is 1.45 bits per heavy atom. The summed E-state index contributed by atoms with van der Waals surface area (Å²) in [6.07, 6.45) is 2.74. The Bertz CT molecular complexity index is 496. The molecule has 2 rings (SSSR count). The van der Waals surface area contributed by atoms with Crippen molar-refractivity contribution in [2.24, 2.45) is 5.92 Å². The third-order valence-corrected chi connectivity index (χ3v) is 7.42. The lowest BCUT2D eigenvalue weighted by molar-refractivity contribution is 0.628. The fourth-order valence-electron chi connectivity index (χ4n) is 2.66. The maximum Gasteiger partial charge on any atom is 0.308 e. The molecule has 2 aromatic carbocycles. The van der Waals surface area contributed by atoms with E-state index in [2.05, 4.69) is 13.5 Å². The number of rotatable bonds is 6. The third-order valence-electron chi connectivity index (χ3n) is 3.66. The number of halogens is 1. The summed E-state index contributed by atoms with van der Waals surface area (Å²) in [6, 6.07) is 19.9. The second-order valence-electron chi connectivity index (χ2n) is 5.37. The van der Waals surface area contributed by atoms with Gasteiger partial charge in [0.25, 0.3) is 0 Å². The van der Waals surface area contributed by atoms with E-state index in [0.717, 1.165) is 16.8 Å². The molecule has 0 saturated carbocycles. The predicted molar refractivity (Wildman–Crippen MR) is 87.8 cm³/mol. The summed E-state index contributed by atoms with van der Waals surface area (Å²) in [5.41, 5.74) is 0. The fourth-order valence-corrected chi connectivity index (χ4v) is 6.03. The van der Waals surface area contributed by atoms with E-state index in [1.54, 1.807) is 0 Å². The minimum absolute atomic E-state index is 0.310. The summed E-state index contributed by atoms with van der Waals surface area (Å²) in [6.45, 7) is 5.88. The van der Waals surface area contributed by atoms with E-state index >= 15 is 4.11 Å². The van der Waals surface area contributed by atoms with Crippen LogP contribution < -0.4 is 10.4 Å². The first-order valence-corrected chi connectivity index (χ1v) is 9.16. The van der Waals surface area contributed by atoms with Gasteiger partial charge >= 0.3 is 8.41 Å². The van der Waals surface area contributed by atoms with Gasteiger partial charge < -0.3 is 4.11 Å². The molecule has 1 unspecified atom stereocenters. The van der Waals surface area contributed by atoms with Crippen molar-refractivity contribution in [1.82, 2.24) is 0 Å². The van der Waals surface area contributed by atoms with Crippen LogP contribution >= 0.6 is 0 Å². The Balaban J connectivity index is 2.41. The normalized spacial score (nSPS) is 12.9. The molecule has 0 bridgehead atoms. The first-order valence-electron chi connectivity index (χ1n) is 7.07. The molecule has 0 aliphatic rings. The van der Waals surface area contributed by atoms with E-state index in [-0.39, 0.29) is 0 Å². The van der Waals surface area contributed by atoms with Crippen LogP contribution in [-0.4, -0.2) is 8.41 Å². The van der Waals surface area contributed by atoms with Gasteiger partial charge in [-0.1, -0.05) is 73.7 Å². The molecule has 104 valence electrons. The Hall–Kier alpha value is -1.67. The van der Waals surface area contributed by atoms with Crippen molar-refractivity contribution in [2.75, 3.05) is 0 Å². The van der Waals surface area contributed by atoms with Gasteiger partial charge in [0.2, 0.25) is 0 Å². The van der Waals surface area contributed by atoms with Crippen LogP contribution in [-0.2, 0) is 0 Å². The monoisotopic (exact) mass is 284 g/mol. The highest BCUT2D eigenvalue weighted by atomic mass is 28.4. The minimum atomic E-state index is -3.15. The summed E-state index contributed by atoms with van der Waals surface area (Å²) in [4.78, 5) is 0. The van der Waals surface area contributed by atoms with Crippen molar-refractivity contribution in [3.05, 3.63) is 73.3 Å². The maximum atomic E-state index is 15.9. The van der Waals surface area contributed by atoms with Crippen LogP contribution in [0, 0.1) is 5.92 Å². The van der Waals surface area contributed by atoms with Crippen LogP contribution in [0.2, 0.25) is 6.04 Å². The summed E-state index contributed by atoms with van der Waals surface area (Å²) in [5, 5.41) is 1.73. The highest BCUT2D eigenvalue weighted by Crippen LogP contribution is 2.21. The van der Waals surface area contributed by atoms with E-state index < -0.39 is 8.41 Å². The molecule has 0 amide bonds. The van der Waals surface area contributed by atoms with Crippen LogP contribution in [0.15, 0.2) is 73.3 Å². The van der Waals surface area contributed by atoms with Gasteiger partial charge in [-0.3, -0.25) is 0 Å². The number of hydrogen-bond acceptors (Lipinski definition) is 0. The Morgan fingerprint density at radius 1 is 1.00 bits per heavy atom. The summed E-state index contributed by atoms with van der Waals surface area (Å²) >= 11 is 0. The maximum absolute atomic E-state index is 15.9. The molecule has 1 atom stereocenters. The van der Waals surface area contributed by atoms with Gasteiger partial charge in [0.05, 0.1) is 0 Å². The quantitative estimate of drug-likeness (QED) is 0.428. The fraction of sp³-hybridized carbons (Fsp3) is 0.222. The van der Waals surface area contributed by atoms with E-state index in [1.807, 2.05) is 66.7 Å². The molecule has 0 spiro atoms. The van der Waals surface area contributed by atoms with Crippen molar-refractivity contribution in [1.29, 1.82) is 0 Å². The van der Waals surface area contributed by atoms with Crippen LogP contribution in [0.25, 0.3) is 0 Å². The Morgan fingerprint density at radius 3 is 1.85 bits per heavy atom. The molecular formula is C18H21FSi. The molecule has 0 nitrogen and oxygen atoms in total. The summed E-state index contributed by atoms with van der Waals surface area (Å²) in [5.74, 6) is 0.310. The van der Waals surface area contributed by atoms with Gasteiger partial charge in [-0.25, -0.2) is 0 Å². The number of hydrogen-bond donors (Lipinski definition) is 0. The first-order chi connectivity index (χ1) is 9.66. The van der Waals surface area contributed by atoms with Crippen molar-refractivity contribution < 1.29 is 4.11 Å². The molecule has 0 fully saturated rings. The smallest absolute Gasteiger partial charge is 0.302 e. The molecule has 0 N–H and O–H groups in total. The van der Waals surface area contributed by atoms with Gasteiger partial charge in [0.1, 0.15) is 0 Å². The second kappa shape index (κ2) is 6.66. The van der Waals surface area contributed by atoms with E-state index in [9.17, 15) is 0 Å². The Kier molecular flexibility index (Phi) is 4.91. The zero-order chi connectivity index (χ0) is 14.4. The standard InChI is InChI=1S/C18H21FSi/c1-3-10-16(2)15-20(19,17-11-6-4-7-12-17)18-13-8-5-9-14-18/h3-9,11-14,16H,1,10,15H2,2H3. The largest absolute Gasteiger partial charge is 0.308 e. The zero-order valence-electron chi connectivity index (χ0n) is 11.9. The number of benzene rings is 2. The predicted octanol–water partition coefficient (Wildman–Crippen LogP) is 3.93. The van der Waals surface area contributed by atoms with Crippen LogP contribution in [0.5, 0.6) is 0 Å². The lowest BCUT2D eigenvalue weighted by Gasteiger charge is -2.26. The molecule has 2 heteroatoms. The van der Waals surface area contributed by atoms with Crippen molar-refractivity contribution in [3.8, 4) is 0 Å². The number of allylic oxidation sites excluding steroid dienone is 1.